The van der Waals surface area contributed by atoms with E-state index in [0.29, 0.717) is 6.54 Å². The zero-order valence-electron chi connectivity index (χ0n) is 13.4. The maximum Gasteiger partial charge on any atom is 0.191 e. The molecule has 23 heavy (non-hydrogen) atoms. The summed E-state index contributed by atoms with van der Waals surface area (Å²) in [4.78, 5) is 8.49. The summed E-state index contributed by atoms with van der Waals surface area (Å²) in [6.07, 6.45) is 3.95. The maximum absolute atomic E-state index is 4.29. The molecule has 1 aliphatic rings. The van der Waals surface area contributed by atoms with Gasteiger partial charge in [-0.3, -0.25) is 9.67 Å². The molecule has 0 amide bonds. The van der Waals surface area contributed by atoms with Gasteiger partial charge in [0.25, 0.3) is 0 Å². The highest BCUT2D eigenvalue weighted by Crippen LogP contribution is 2.49. The molecule has 1 heterocycles. The molecule has 6 nitrogen and oxygen atoms in total. The van der Waals surface area contributed by atoms with E-state index in [2.05, 4.69) is 65.9 Å². The zero-order valence-corrected chi connectivity index (χ0v) is 15.0. The summed E-state index contributed by atoms with van der Waals surface area (Å²) >= 11 is 3.67. The lowest BCUT2D eigenvalue weighted by atomic mass is 9.96. The first-order valence-electron chi connectivity index (χ1n) is 7.67. The number of nitrogens with one attached hydrogen (secondary N) is 2. The van der Waals surface area contributed by atoms with Crippen LogP contribution in [0.4, 0.5) is 0 Å². The van der Waals surface area contributed by atoms with Crippen LogP contribution in [0.2, 0.25) is 0 Å². The van der Waals surface area contributed by atoms with Crippen molar-refractivity contribution in [3.8, 4) is 0 Å². The molecule has 0 spiro atoms. The number of rotatable bonds is 5. The van der Waals surface area contributed by atoms with E-state index in [1.165, 1.54) is 22.9 Å². The smallest absolute Gasteiger partial charge is 0.191 e. The van der Waals surface area contributed by atoms with Crippen LogP contribution < -0.4 is 10.6 Å². The van der Waals surface area contributed by atoms with E-state index in [1.807, 2.05) is 7.05 Å². The lowest BCUT2D eigenvalue weighted by Gasteiger charge is -2.20. The van der Waals surface area contributed by atoms with Crippen molar-refractivity contribution >= 4 is 21.9 Å². The van der Waals surface area contributed by atoms with Gasteiger partial charge in [-0.25, -0.2) is 4.98 Å². The summed E-state index contributed by atoms with van der Waals surface area (Å²) < 4.78 is 2.94. The van der Waals surface area contributed by atoms with Gasteiger partial charge in [0.05, 0.1) is 6.54 Å². The van der Waals surface area contributed by atoms with Crippen molar-refractivity contribution < 1.29 is 0 Å². The van der Waals surface area contributed by atoms with Gasteiger partial charge in [0.1, 0.15) is 12.2 Å². The molecule has 2 N–H and O–H groups in total. The van der Waals surface area contributed by atoms with Crippen LogP contribution in [0.3, 0.4) is 0 Å². The summed E-state index contributed by atoms with van der Waals surface area (Å²) in [7, 11) is 3.66. The molecule has 0 aliphatic heterocycles. The fourth-order valence-corrected chi connectivity index (χ4v) is 3.41. The first kappa shape index (κ1) is 16.0. The molecule has 122 valence electrons. The second-order valence-electron chi connectivity index (χ2n) is 5.84. The Morgan fingerprint density at radius 3 is 2.74 bits per heavy atom. The van der Waals surface area contributed by atoms with Crippen LogP contribution in [-0.2, 0) is 19.0 Å². The van der Waals surface area contributed by atoms with Gasteiger partial charge in [0, 0.05) is 30.5 Å². The Morgan fingerprint density at radius 2 is 2.13 bits per heavy atom. The highest BCUT2D eigenvalue weighted by molar-refractivity contribution is 9.10. The van der Waals surface area contributed by atoms with Crippen molar-refractivity contribution in [2.75, 3.05) is 13.6 Å². The molecule has 3 rings (SSSR count). The van der Waals surface area contributed by atoms with Crippen LogP contribution in [0.1, 0.15) is 24.2 Å². The zero-order chi connectivity index (χ0) is 16.3. The van der Waals surface area contributed by atoms with E-state index in [1.54, 1.807) is 18.1 Å². The topological polar surface area (TPSA) is 67.1 Å². The Morgan fingerprint density at radius 1 is 1.35 bits per heavy atom. The SMILES string of the molecule is CN=C(NCc1ncnn1C)NCC1(c2ccccc2Br)CC1. The molecule has 1 aromatic carbocycles. The first-order valence-corrected chi connectivity index (χ1v) is 8.46. The quantitative estimate of drug-likeness (QED) is 0.618. The van der Waals surface area contributed by atoms with Gasteiger partial charge in [-0.15, -0.1) is 0 Å². The van der Waals surface area contributed by atoms with Gasteiger partial charge in [0.2, 0.25) is 0 Å². The number of aryl methyl sites for hydroxylation is 1. The third-order valence-electron chi connectivity index (χ3n) is 4.34. The number of nitrogens with zero attached hydrogens (tertiary/aromatic N) is 4. The Balaban J connectivity index is 1.58. The number of halogens is 1. The molecule has 1 aliphatic carbocycles. The maximum atomic E-state index is 4.29. The Labute approximate surface area is 144 Å². The van der Waals surface area contributed by atoms with Crippen LogP contribution in [-0.4, -0.2) is 34.3 Å². The van der Waals surface area contributed by atoms with Crippen LogP contribution in [0.25, 0.3) is 0 Å². The second kappa shape index (κ2) is 6.70. The average molecular weight is 377 g/mol. The van der Waals surface area contributed by atoms with Gasteiger partial charge in [-0.05, 0) is 24.5 Å². The highest BCUT2D eigenvalue weighted by Gasteiger charge is 2.45. The molecule has 1 aromatic heterocycles. The van der Waals surface area contributed by atoms with Crippen molar-refractivity contribution in [1.82, 2.24) is 25.4 Å². The van der Waals surface area contributed by atoms with Crippen molar-refractivity contribution in [1.29, 1.82) is 0 Å². The number of aromatic nitrogens is 3. The molecular weight excluding hydrogens is 356 g/mol. The molecule has 0 radical (unpaired) electrons. The summed E-state index contributed by atoms with van der Waals surface area (Å²) in [6, 6.07) is 8.46. The molecule has 0 unspecified atom stereocenters. The largest absolute Gasteiger partial charge is 0.356 e. The third-order valence-corrected chi connectivity index (χ3v) is 5.03. The molecule has 1 fully saturated rings. The highest BCUT2D eigenvalue weighted by atomic mass is 79.9. The molecule has 1 saturated carbocycles. The average Bonchev–Trinajstić information content (AvgIpc) is 3.23. The third kappa shape index (κ3) is 3.55. The van der Waals surface area contributed by atoms with Crippen molar-refractivity contribution in [3.63, 3.8) is 0 Å². The number of hydrogen-bond acceptors (Lipinski definition) is 3. The standard InChI is InChI=1S/C16H21BrN6/c1-18-15(19-9-14-21-11-22-23(14)2)20-10-16(7-8-16)12-5-3-4-6-13(12)17/h3-6,11H,7-10H2,1-2H3,(H2,18,19,20). The molecule has 7 heteroatoms. The van der Waals surface area contributed by atoms with Gasteiger partial charge in [-0.2, -0.15) is 5.10 Å². The van der Waals surface area contributed by atoms with E-state index in [0.717, 1.165) is 18.3 Å². The molecule has 2 aromatic rings. The van der Waals surface area contributed by atoms with Gasteiger partial charge >= 0.3 is 0 Å². The minimum absolute atomic E-state index is 0.211. The van der Waals surface area contributed by atoms with Crippen molar-refractivity contribution in [2.45, 2.75) is 24.8 Å². The number of guanidine groups is 1. The molecule has 0 saturated heterocycles. The fraction of sp³-hybridized carbons (Fsp3) is 0.438. The Hall–Kier alpha value is -1.89. The molecular formula is C16H21BrN6. The molecule has 0 atom stereocenters. The van der Waals surface area contributed by atoms with Crippen LogP contribution in [0, 0.1) is 0 Å². The Bertz CT molecular complexity index is 704. The van der Waals surface area contributed by atoms with E-state index in [4.69, 9.17) is 0 Å². The number of benzene rings is 1. The van der Waals surface area contributed by atoms with E-state index in [9.17, 15) is 0 Å². The fourth-order valence-electron chi connectivity index (χ4n) is 2.70. The summed E-state index contributed by atoms with van der Waals surface area (Å²) in [5, 5.41) is 10.8. The summed E-state index contributed by atoms with van der Waals surface area (Å²) in [6.45, 7) is 1.46. The van der Waals surface area contributed by atoms with Gasteiger partial charge in [0.15, 0.2) is 5.96 Å². The van der Waals surface area contributed by atoms with E-state index >= 15 is 0 Å². The second-order valence-corrected chi connectivity index (χ2v) is 6.69. The van der Waals surface area contributed by atoms with Crippen LogP contribution >= 0.6 is 15.9 Å². The summed E-state index contributed by atoms with van der Waals surface area (Å²) in [5.41, 5.74) is 1.58. The lowest BCUT2D eigenvalue weighted by molar-refractivity contribution is 0.632. The lowest BCUT2D eigenvalue weighted by Crippen LogP contribution is -2.41. The monoisotopic (exact) mass is 376 g/mol. The van der Waals surface area contributed by atoms with Crippen molar-refractivity contribution in [3.05, 3.63) is 46.5 Å². The molecule has 0 bridgehead atoms. The normalized spacial score (nSPS) is 16.2. The number of hydrogen-bond donors (Lipinski definition) is 2. The van der Waals surface area contributed by atoms with Crippen LogP contribution in [0.15, 0.2) is 40.1 Å². The minimum Gasteiger partial charge on any atom is -0.356 e. The van der Waals surface area contributed by atoms with Gasteiger partial charge < -0.3 is 10.6 Å². The predicted molar refractivity (Wildman–Crippen MR) is 94.3 cm³/mol. The van der Waals surface area contributed by atoms with E-state index in [-0.39, 0.29) is 5.41 Å². The van der Waals surface area contributed by atoms with E-state index < -0.39 is 0 Å². The van der Waals surface area contributed by atoms with Crippen molar-refractivity contribution in [2.24, 2.45) is 12.0 Å². The van der Waals surface area contributed by atoms with Gasteiger partial charge in [-0.1, -0.05) is 34.1 Å². The Kier molecular flexibility index (Phi) is 4.66. The predicted octanol–water partition coefficient (Wildman–Crippen LogP) is 1.97. The van der Waals surface area contributed by atoms with Crippen LogP contribution in [0.5, 0.6) is 0 Å². The minimum atomic E-state index is 0.211. The first-order chi connectivity index (χ1) is 11.1. The number of aliphatic imine (C=N–C) groups is 1. The summed E-state index contributed by atoms with van der Waals surface area (Å²) in [5.74, 6) is 1.66.